The highest BCUT2D eigenvalue weighted by Gasteiger charge is 2.48. The maximum absolute atomic E-state index is 6.17. The fraction of sp³-hybridized carbons (Fsp3) is 0.571. The standard InChI is InChI=1S/C14H19Cl2NO/c1-14(2)11(7-12(14)18-3)17-8-9-5-4-6-10(15)13(9)16/h4-6,11-12,17H,7-8H2,1-3H3. The molecule has 1 N–H and O–H groups in total. The molecule has 1 saturated carbocycles. The number of benzene rings is 1. The lowest BCUT2D eigenvalue weighted by Crippen LogP contribution is -2.60. The third-order valence-corrected chi connectivity index (χ3v) is 4.89. The second kappa shape index (κ2) is 5.38. The molecule has 0 radical (unpaired) electrons. The lowest BCUT2D eigenvalue weighted by molar-refractivity contribution is -0.0979. The molecule has 1 aliphatic carbocycles. The van der Waals surface area contributed by atoms with Crippen LogP contribution in [0.4, 0.5) is 0 Å². The molecule has 0 saturated heterocycles. The summed E-state index contributed by atoms with van der Waals surface area (Å²) in [6.45, 7) is 5.19. The average molecular weight is 288 g/mol. The number of nitrogens with one attached hydrogen (secondary N) is 1. The molecule has 0 aliphatic heterocycles. The normalized spacial score (nSPS) is 25.8. The van der Waals surface area contributed by atoms with Crippen molar-refractivity contribution in [3.05, 3.63) is 33.8 Å². The van der Waals surface area contributed by atoms with Gasteiger partial charge in [0.05, 0.1) is 16.1 Å². The van der Waals surface area contributed by atoms with Crippen molar-refractivity contribution < 1.29 is 4.74 Å². The van der Waals surface area contributed by atoms with Crippen molar-refractivity contribution in [1.29, 1.82) is 0 Å². The van der Waals surface area contributed by atoms with E-state index in [1.165, 1.54) is 0 Å². The van der Waals surface area contributed by atoms with Gasteiger partial charge in [0.1, 0.15) is 0 Å². The molecule has 0 spiro atoms. The summed E-state index contributed by atoms with van der Waals surface area (Å²) in [5, 5.41) is 4.79. The van der Waals surface area contributed by atoms with Gasteiger partial charge in [0.2, 0.25) is 0 Å². The molecule has 18 heavy (non-hydrogen) atoms. The molecule has 0 amide bonds. The van der Waals surface area contributed by atoms with Gasteiger partial charge in [-0.05, 0) is 18.1 Å². The van der Waals surface area contributed by atoms with Crippen molar-refractivity contribution >= 4 is 23.2 Å². The summed E-state index contributed by atoms with van der Waals surface area (Å²) in [7, 11) is 1.77. The van der Waals surface area contributed by atoms with E-state index in [-0.39, 0.29) is 5.41 Å². The number of rotatable bonds is 4. The highest BCUT2D eigenvalue weighted by molar-refractivity contribution is 6.42. The number of halogens is 2. The molecule has 100 valence electrons. The number of hydrogen-bond donors (Lipinski definition) is 1. The monoisotopic (exact) mass is 287 g/mol. The van der Waals surface area contributed by atoms with E-state index in [0.717, 1.165) is 18.5 Å². The first-order chi connectivity index (χ1) is 8.46. The van der Waals surface area contributed by atoms with Gasteiger partial charge in [-0.1, -0.05) is 49.2 Å². The smallest absolute Gasteiger partial charge is 0.0652 e. The Morgan fingerprint density at radius 1 is 1.39 bits per heavy atom. The zero-order valence-corrected chi connectivity index (χ0v) is 12.5. The number of methoxy groups -OCH3 is 1. The highest BCUT2D eigenvalue weighted by atomic mass is 35.5. The molecule has 2 nitrogen and oxygen atoms in total. The van der Waals surface area contributed by atoms with Crippen LogP contribution in [0.2, 0.25) is 10.0 Å². The minimum atomic E-state index is 0.166. The van der Waals surface area contributed by atoms with Crippen molar-refractivity contribution in [2.75, 3.05) is 7.11 Å². The third kappa shape index (κ3) is 2.53. The van der Waals surface area contributed by atoms with Crippen LogP contribution < -0.4 is 5.32 Å². The van der Waals surface area contributed by atoms with Crippen molar-refractivity contribution in [2.45, 2.75) is 39.0 Å². The molecule has 4 heteroatoms. The van der Waals surface area contributed by atoms with Gasteiger partial charge in [-0.3, -0.25) is 0 Å². The summed E-state index contributed by atoms with van der Waals surface area (Å²) >= 11 is 12.2. The Morgan fingerprint density at radius 2 is 2.11 bits per heavy atom. The van der Waals surface area contributed by atoms with Gasteiger partial charge in [-0.25, -0.2) is 0 Å². The molecule has 0 bridgehead atoms. The fourth-order valence-corrected chi connectivity index (χ4v) is 2.94. The zero-order valence-electron chi connectivity index (χ0n) is 11.0. The van der Waals surface area contributed by atoms with Crippen LogP contribution in [-0.2, 0) is 11.3 Å². The lowest BCUT2D eigenvalue weighted by atomic mass is 9.64. The van der Waals surface area contributed by atoms with Crippen LogP contribution in [0.3, 0.4) is 0 Å². The maximum atomic E-state index is 6.17. The van der Waals surface area contributed by atoms with E-state index in [1.807, 2.05) is 18.2 Å². The molecule has 2 atom stereocenters. The molecule has 2 unspecified atom stereocenters. The quantitative estimate of drug-likeness (QED) is 0.907. The van der Waals surface area contributed by atoms with Crippen LogP contribution in [0.15, 0.2) is 18.2 Å². The molecule has 1 aliphatic rings. The summed E-state index contributed by atoms with van der Waals surface area (Å²) in [6.07, 6.45) is 1.38. The molecule has 2 rings (SSSR count). The summed E-state index contributed by atoms with van der Waals surface area (Å²) in [5.74, 6) is 0. The predicted octanol–water partition coefficient (Wildman–Crippen LogP) is 3.90. The van der Waals surface area contributed by atoms with Crippen LogP contribution >= 0.6 is 23.2 Å². The molecule has 1 aromatic rings. The molecule has 1 aromatic carbocycles. The fourth-order valence-electron chi connectivity index (χ4n) is 2.55. The Labute approximate surface area is 119 Å². The van der Waals surface area contributed by atoms with Crippen molar-refractivity contribution in [1.82, 2.24) is 5.32 Å². The first kappa shape index (κ1) is 14.1. The van der Waals surface area contributed by atoms with Crippen LogP contribution in [0.5, 0.6) is 0 Å². The van der Waals surface area contributed by atoms with Crippen LogP contribution in [0.25, 0.3) is 0 Å². The van der Waals surface area contributed by atoms with Gasteiger partial charge in [-0.2, -0.15) is 0 Å². The predicted molar refractivity (Wildman–Crippen MR) is 76.3 cm³/mol. The van der Waals surface area contributed by atoms with E-state index >= 15 is 0 Å². The van der Waals surface area contributed by atoms with E-state index in [9.17, 15) is 0 Å². The average Bonchev–Trinajstić information content (AvgIpc) is 2.33. The molecular formula is C14H19Cl2NO. The van der Waals surface area contributed by atoms with Gasteiger partial charge in [-0.15, -0.1) is 0 Å². The summed E-state index contributed by atoms with van der Waals surface area (Å²) in [4.78, 5) is 0. The van der Waals surface area contributed by atoms with E-state index in [2.05, 4.69) is 19.2 Å². The number of ether oxygens (including phenoxy) is 1. The molecule has 0 aromatic heterocycles. The van der Waals surface area contributed by atoms with Gasteiger partial charge in [0.25, 0.3) is 0 Å². The van der Waals surface area contributed by atoms with E-state index < -0.39 is 0 Å². The van der Waals surface area contributed by atoms with Crippen LogP contribution in [0.1, 0.15) is 25.8 Å². The van der Waals surface area contributed by atoms with Gasteiger partial charge >= 0.3 is 0 Å². The molecular weight excluding hydrogens is 269 g/mol. The van der Waals surface area contributed by atoms with E-state index in [4.69, 9.17) is 27.9 Å². The maximum Gasteiger partial charge on any atom is 0.0652 e. The zero-order chi connectivity index (χ0) is 13.3. The van der Waals surface area contributed by atoms with Gasteiger partial charge in [0.15, 0.2) is 0 Å². The van der Waals surface area contributed by atoms with Crippen LogP contribution in [-0.4, -0.2) is 19.3 Å². The molecule has 0 heterocycles. The van der Waals surface area contributed by atoms with Crippen molar-refractivity contribution in [3.8, 4) is 0 Å². The minimum absolute atomic E-state index is 0.166. The Hall–Kier alpha value is -0.280. The van der Waals surface area contributed by atoms with Crippen LogP contribution in [0, 0.1) is 5.41 Å². The Balaban J connectivity index is 1.95. The lowest BCUT2D eigenvalue weighted by Gasteiger charge is -2.51. The minimum Gasteiger partial charge on any atom is -0.381 e. The Morgan fingerprint density at radius 3 is 2.72 bits per heavy atom. The summed E-state index contributed by atoms with van der Waals surface area (Å²) < 4.78 is 5.44. The topological polar surface area (TPSA) is 21.3 Å². The molecule has 1 fully saturated rings. The first-order valence-corrected chi connectivity index (χ1v) is 6.91. The van der Waals surface area contributed by atoms with Gasteiger partial charge < -0.3 is 10.1 Å². The Bertz CT molecular complexity index is 434. The largest absolute Gasteiger partial charge is 0.381 e. The SMILES string of the molecule is COC1CC(NCc2cccc(Cl)c2Cl)C1(C)C. The second-order valence-electron chi connectivity index (χ2n) is 5.43. The van der Waals surface area contributed by atoms with E-state index in [1.54, 1.807) is 7.11 Å². The van der Waals surface area contributed by atoms with Gasteiger partial charge in [0, 0.05) is 25.1 Å². The van der Waals surface area contributed by atoms with E-state index in [0.29, 0.717) is 22.2 Å². The second-order valence-corrected chi connectivity index (χ2v) is 6.21. The Kier molecular flexibility index (Phi) is 4.22. The number of hydrogen-bond acceptors (Lipinski definition) is 2. The van der Waals surface area contributed by atoms with Crippen molar-refractivity contribution in [2.24, 2.45) is 5.41 Å². The van der Waals surface area contributed by atoms with Crippen molar-refractivity contribution in [3.63, 3.8) is 0 Å². The highest BCUT2D eigenvalue weighted by Crippen LogP contribution is 2.42. The summed E-state index contributed by atoms with van der Waals surface area (Å²) in [5.41, 5.74) is 1.21. The third-order valence-electron chi connectivity index (χ3n) is 4.03. The summed E-state index contributed by atoms with van der Waals surface area (Å²) in [6, 6.07) is 6.19. The first-order valence-electron chi connectivity index (χ1n) is 6.16.